The third kappa shape index (κ3) is 3.43. The number of hydrogen-bond donors (Lipinski definition) is 2. The highest BCUT2D eigenvalue weighted by atomic mass is 19.1. The molecule has 8 heteroatoms. The van der Waals surface area contributed by atoms with Gasteiger partial charge in [0.1, 0.15) is 11.6 Å². The number of fused-ring (bicyclic) bond motifs is 1. The summed E-state index contributed by atoms with van der Waals surface area (Å²) in [6, 6.07) is 2.67. The summed E-state index contributed by atoms with van der Waals surface area (Å²) in [7, 11) is -1.34. The van der Waals surface area contributed by atoms with Crippen LogP contribution in [0.1, 0.15) is 39.4 Å². The number of nitrogens with zero attached hydrogens (tertiary/aromatic N) is 1. The summed E-state index contributed by atoms with van der Waals surface area (Å²) >= 11 is 0. The molecule has 0 saturated heterocycles. The van der Waals surface area contributed by atoms with Gasteiger partial charge >= 0.3 is 13.2 Å². The van der Waals surface area contributed by atoms with E-state index in [-0.39, 0.29) is 17.6 Å². The first kappa shape index (κ1) is 17.6. The van der Waals surface area contributed by atoms with Gasteiger partial charge in [-0.1, -0.05) is 0 Å². The van der Waals surface area contributed by atoms with Crippen molar-refractivity contribution in [2.24, 2.45) is 0 Å². The Labute approximate surface area is 135 Å². The van der Waals surface area contributed by atoms with E-state index in [2.05, 4.69) is 0 Å². The number of amides is 1. The zero-order valence-electron chi connectivity index (χ0n) is 13.7. The number of hydrogen-bond acceptors (Lipinski definition) is 4. The van der Waals surface area contributed by atoms with Crippen molar-refractivity contribution in [3.8, 4) is 5.75 Å². The average Bonchev–Trinajstić information content (AvgIpc) is 2.76. The lowest BCUT2D eigenvalue weighted by atomic mass is 9.78. The Hall–Kier alpha value is -1.80. The Morgan fingerprint density at radius 3 is 2.65 bits per heavy atom. The molecule has 0 radical (unpaired) electrons. The Kier molecular flexibility index (Phi) is 4.86. The molecule has 1 amide bonds. The van der Waals surface area contributed by atoms with Crippen LogP contribution in [-0.2, 0) is 4.65 Å². The second-order valence-corrected chi connectivity index (χ2v) is 6.35. The van der Waals surface area contributed by atoms with Gasteiger partial charge in [-0.3, -0.25) is 0 Å². The van der Waals surface area contributed by atoms with E-state index in [9.17, 15) is 19.3 Å². The maximum absolute atomic E-state index is 14.3. The molecule has 23 heavy (non-hydrogen) atoms. The molecule has 0 saturated carbocycles. The number of carbonyl (C=O) groups is 1. The minimum Gasteiger partial charge on any atom is -0.494 e. The van der Waals surface area contributed by atoms with E-state index >= 15 is 0 Å². The van der Waals surface area contributed by atoms with E-state index < -0.39 is 30.7 Å². The summed E-state index contributed by atoms with van der Waals surface area (Å²) in [6.45, 7) is 7.26. The standard InChI is InChI=1S/C15H21BFNO5/c1-5-22-10-7-6-9(17)12-11(23-16(21)13(10)12)8-18(14(19)20)15(2,3)4/h6-7,11,21H,5,8H2,1-4H3,(H,19,20). The molecule has 0 bridgehead atoms. The SMILES string of the molecule is CCOc1ccc(F)c2c1B(O)OC2CN(C(=O)O)C(C)(C)C. The van der Waals surface area contributed by atoms with Crippen molar-refractivity contribution in [1.29, 1.82) is 0 Å². The zero-order valence-corrected chi connectivity index (χ0v) is 13.7. The van der Waals surface area contributed by atoms with Crippen LogP contribution in [0.15, 0.2) is 12.1 Å². The van der Waals surface area contributed by atoms with Crippen LogP contribution in [0.25, 0.3) is 0 Å². The van der Waals surface area contributed by atoms with Crippen molar-refractivity contribution in [1.82, 2.24) is 4.90 Å². The van der Waals surface area contributed by atoms with Crippen molar-refractivity contribution in [3.63, 3.8) is 0 Å². The van der Waals surface area contributed by atoms with Gasteiger partial charge in [-0.2, -0.15) is 0 Å². The van der Waals surface area contributed by atoms with Crippen LogP contribution >= 0.6 is 0 Å². The molecule has 6 nitrogen and oxygen atoms in total. The summed E-state index contributed by atoms with van der Waals surface area (Å²) < 4.78 is 25.1. The van der Waals surface area contributed by atoms with Crippen molar-refractivity contribution in [3.05, 3.63) is 23.5 Å². The molecule has 1 unspecified atom stereocenters. The fraction of sp³-hybridized carbons (Fsp3) is 0.533. The number of ether oxygens (including phenoxy) is 1. The lowest BCUT2D eigenvalue weighted by Crippen LogP contribution is -2.47. The fourth-order valence-electron chi connectivity index (χ4n) is 2.68. The first-order valence-corrected chi connectivity index (χ1v) is 7.46. The molecule has 1 aromatic rings. The smallest absolute Gasteiger partial charge is 0.494 e. The van der Waals surface area contributed by atoms with Crippen LogP contribution in [0.4, 0.5) is 9.18 Å². The van der Waals surface area contributed by atoms with Crippen LogP contribution in [0, 0.1) is 5.82 Å². The highest BCUT2D eigenvalue weighted by Gasteiger charge is 2.42. The lowest BCUT2D eigenvalue weighted by Gasteiger charge is -2.35. The Bertz CT molecular complexity index is 604. The molecule has 0 aliphatic carbocycles. The monoisotopic (exact) mass is 325 g/mol. The Morgan fingerprint density at radius 1 is 1.48 bits per heavy atom. The molecule has 126 valence electrons. The van der Waals surface area contributed by atoms with Crippen molar-refractivity contribution >= 4 is 18.7 Å². The van der Waals surface area contributed by atoms with E-state index in [1.165, 1.54) is 12.1 Å². The predicted molar refractivity (Wildman–Crippen MR) is 83.5 cm³/mol. The first-order chi connectivity index (χ1) is 10.7. The summed E-state index contributed by atoms with van der Waals surface area (Å²) in [5, 5.41) is 19.5. The van der Waals surface area contributed by atoms with Gasteiger partial charge in [0, 0.05) is 16.6 Å². The van der Waals surface area contributed by atoms with Gasteiger partial charge in [0.25, 0.3) is 0 Å². The Morgan fingerprint density at radius 2 is 2.13 bits per heavy atom. The van der Waals surface area contributed by atoms with Crippen LogP contribution in [0.2, 0.25) is 0 Å². The molecule has 1 heterocycles. The first-order valence-electron chi connectivity index (χ1n) is 7.46. The molecule has 0 fully saturated rings. The average molecular weight is 325 g/mol. The second-order valence-electron chi connectivity index (χ2n) is 6.35. The Balaban J connectivity index is 2.40. The molecule has 2 rings (SSSR count). The summed E-state index contributed by atoms with van der Waals surface area (Å²) in [5.41, 5.74) is -0.299. The van der Waals surface area contributed by atoms with Gasteiger partial charge in [-0.15, -0.1) is 0 Å². The summed E-state index contributed by atoms with van der Waals surface area (Å²) in [4.78, 5) is 12.6. The van der Waals surface area contributed by atoms with Crippen LogP contribution in [0.5, 0.6) is 5.75 Å². The van der Waals surface area contributed by atoms with Gasteiger partial charge in [-0.05, 0) is 39.8 Å². The van der Waals surface area contributed by atoms with Gasteiger partial charge in [0.15, 0.2) is 0 Å². The van der Waals surface area contributed by atoms with Crippen LogP contribution in [0.3, 0.4) is 0 Å². The topological polar surface area (TPSA) is 79.2 Å². The van der Waals surface area contributed by atoms with E-state index in [4.69, 9.17) is 9.39 Å². The van der Waals surface area contributed by atoms with Gasteiger partial charge in [-0.25, -0.2) is 9.18 Å². The highest BCUT2D eigenvalue weighted by molar-refractivity contribution is 6.62. The number of halogens is 1. The van der Waals surface area contributed by atoms with E-state index in [1.807, 2.05) is 0 Å². The highest BCUT2D eigenvalue weighted by Crippen LogP contribution is 2.32. The molecular weight excluding hydrogens is 304 g/mol. The number of carboxylic acid groups (broad SMARTS) is 1. The van der Waals surface area contributed by atoms with Crippen molar-refractivity contribution < 1.29 is 28.7 Å². The molecular formula is C15H21BFNO5. The van der Waals surface area contributed by atoms with E-state index in [0.717, 1.165) is 4.90 Å². The number of benzene rings is 1. The minimum atomic E-state index is -1.34. The van der Waals surface area contributed by atoms with Crippen LogP contribution in [-0.4, -0.2) is 46.9 Å². The maximum Gasteiger partial charge on any atom is 0.495 e. The van der Waals surface area contributed by atoms with Crippen molar-refractivity contribution in [2.75, 3.05) is 13.2 Å². The third-order valence-corrected chi connectivity index (χ3v) is 3.74. The van der Waals surface area contributed by atoms with Crippen LogP contribution < -0.4 is 10.2 Å². The molecule has 0 spiro atoms. The minimum absolute atomic E-state index is 0.0879. The van der Waals surface area contributed by atoms with E-state index in [0.29, 0.717) is 12.4 Å². The largest absolute Gasteiger partial charge is 0.495 e. The molecule has 1 aliphatic rings. The molecule has 1 aromatic carbocycles. The maximum atomic E-state index is 14.3. The third-order valence-electron chi connectivity index (χ3n) is 3.74. The molecule has 0 aromatic heterocycles. The molecule has 1 atom stereocenters. The van der Waals surface area contributed by atoms with Gasteiger partial charge < -0.3 is 24.4 Å². The predicted octanol–water partition coefficient (Wildman–Crippen LogP) is 1.76. The summed E-state index contributed by atoms with van der Waals surface area (Å²) in [5.74, 6) is -0.208. The molecule has 2 N–H and O–H groups in total. The van der Waals surface area contributed by atoms with Gasteiger partial charge in [0.2, 0.25) is 0 Å². The second kappa shape index (κ2) is 6.37. The molecule has 1 aliphatic heterocycles. The fourth-order valence-corrected chi connectivity index (χ4v) is 2.68. The van der Waals surface area contributed by atoms with Gasteiger partial charge in [0.05, 0.1) is 19.3 Å². The zero-order chi connectivity index (χ0) is 17.4. The van der Waals surface area contributed by atoms with Crippen molar-refractivity contribution in [2.45, 2.75) is 39.3 Å². The van der Waals surface area contributed by atoms with E-state index in [1.54, 1.807) is 27.7 Å². The quantitative estimate of drug-likeness (QED) is 0.825. The number of rotatable bonds is 4. The lowest BCUT2D eigenvalue weighted by molar-refractivity contribution is 0.0617. The summed E-state index contributed by atoms with van der Waals surface area (Å²) in [6.07, 6.45) is -2.03. The normalized spacial score (nSPS) is 17.1.